The Labute approximate surface area is 158 Å². The smallest absolute Gasteiger partial charge is 0.331 e. The number of imide groups is 2. The van der Waals surface area contributed by atoms with E-state index in [9.17, 15) is 14.4 Å². The van der Waals surface area contributed by atoms with E-state index in [0.29, 0.717) is 24.3 Å². The Balaban J connectivity index is 1.79. The number of terminal acetylenes is 1. The molecular weight excluding hydrogens is 362 g/mol. The average Bonchev–Trinajstić information content (AvgIpc) is 3.04. The highest BCUT2D eigenvalue weighted by atomic mass is 16.2. The van der Waals surface area contributed by atoms with E-state index < -0.39 is 29.8 Å². The van der Waals surface area contributed by atoms with Crippen molar-refractivity contribution in [2.75, 3.05) is 13.1 Å². The number of nitrogens with zero attached hydrogens (tertiary/aromatic N) is 4. The lowest BCUT2D eigenvalue weighted by Crippen LogP contribution is -2.61. The Hall–Kier alpha value is -3.80. The van der Waals surface area contributed by atoms with E-state index in [-0.39, 0.29) is 6.54 Å². The molecule has 140 valence electrons. The summed E-state index contributed by atoms with van der Waals surface area (Å²) in [6, 6.07) is 3.78. The Morgan fingerprint density at radius 1 is 1.36 bits per heavy atom. The Kier molecular flexibility index (Phi) is 4.24. The van der Waals surface area contributed by atoms with E-state index >= 15 is 0 Å². The third-order valence-electron chi connectivity index (χ3n) is 5.01. The lowest BCUT2D eigenvalue weighted by molar-refractivity contribution is -0.143. The summed E-state index contributed by atoms with van der Waals surface area (Å²) in [6.07, 6.45) is 5.91. The normalized spacial score (nSPS) is 21.7. The van der Waals surface area contributed by atoms with Gasteiger partial charge in [-0.2, -0.15) is 0 Å². The van der Waals surface area contributed by atoms with E-state index in [1.165, 1.54) is 0 Å². The van der Waals surface area contributed by atoms with Gasteiger partial charge in [0.25, 0.3) is 0 Å². The molecule has 28 heavy (non-hydrogen) atoms. The molecule has 10 nitrogen and oxygen atoms in total. The number of amides is 4. The first-order chi connectivity index (χ1) is 13.5. The molecule has 1 fully saturated rings. The van der Waals surface area contributed by atoms with E-state index in [2.05, 4.69) is 31.6 Å². The van der Waals surface area contributed by atoms with Crippen LogP contribution in [0.4, 0.5) is 10.5 Å². The topological polar surface area (TPSA) is 143 Å². The highest BCUT2D eigenvalue weighted by Gasteiger charge is 2.46. The van der Waals surface area contributed by atoms with Crippen LogP contribution in [-0.2, 0) is 16.0 Å². The summed E-state index contributed by atoms with van der Waals surface area (Å²) in [5.41, 5.74) is 11.6. The van der Waals surface area contributed by atoms with Crippen molar-refractivity contribution in [1.82, 2.24) is 20.5 Å². The minimum absolute atomic E-state index is 0.212. The van der Waals surface area contributed by atoms with Gasteiger partial charge in [0.15, 0.2) is 0 Å². The Morgan fingerprint density at radius 3 is 2.93 bits per heavy atom. The first-order valence-electron chi connectivity index (χ1n) is 8.57. The van der Waals surface area contributed by atoms with Gasteiger partial charge in [-0.3, -0.25) is 19.8 Å². The maximum absolute atomic E-state index is 12.8. The second kappa shape index (κ2) is 6.74. The highest BCUT2D eigenvalue weighted by molar-refractivity contribution is 6.16. The summed E-state index contributed by atoms with van der Waals surface area (Å²) in [5, 5.41) is 9.90. The molecule has 0 radical (unpaired) electrons. The molecule has 1 saturated heterocycles. The van der Waals surface area contributed by atoms with Crippen LogP contribution in [0.5, 0.6) is 0 Å². The summed E-state index contributed by atoms with van der Waals surface area (Å²) in [7, 11) is 0. The zero-order valence-electron chi connectivity index (χ0n) is 14.6. The number of azide groups is 1. The number of nitrogens with one attached hydrogen (secondary N) is 3. The van der Waals surface area contributed by atoms with Crippen LogP contribution >= 0.6 is 0 Å². The van der Waals surface area contributed by atoms with Crippen LogP contribution in [0.2, 0.25) is 0 Å². The SMILES string of the molecule is C#CCN1C(=O)NC(=O)C(C2NCCc3c2[nH]c2ccc(N=[N+]=[N-])cc32)C1=O. The number of fused-ring (bicyclic) bond motifs is 3. The fourth-order valence-electron chi connectivity index (χ4n) is 3.81. The standard InChI is InChI=1S/C18H15N7O3/c1-2-7-25-17(27)13(16(26)22-18(25)28)15-14-10(5-6-20-15)11-8-9(23-24-19)3-4-12(11)21-14/h1,3-4,8,13,15,20-21H,5-7H2,(H,22,26,28). The van der Waals surface area contributed by atoms with Crippen molar-refractivity contribution in [3.05, 3.63) is 39.9 Å². The molecule has 1 aromatic heterocycles. The molecule has 2 unspecified atom stereocenters. The zero-order valence-corrected chi connectivity index (χ0v) is 14.6. The molecule has 0 aliphatic carbocycles. The molecule has 1 aromatic carbocycles. The summed E-state index contributed by atoms with van der Waals surface area (Å²) in [6.45, 7) is 0.326. The van der Waals surface area contributed by atoms with Crippen molar-refractivity contribution in [2.45, 2.75) is 12.5 Å². The number of urea groups is 1. The molecule has 4 amide bonds. The van der Waals surface area contributed by atoms with Gasteiger partial charge in [0.05, 0.1) is 12.6 Å². The van der Waals surface area contributed by atoms with Gasteiger partial charge in [0.2, 0.25) is 11.8 Å². The van der Waals surface area contributed by atoms with Gasteiger partial charge in [-0.15, -0.1) is 6.42 Å². The summed E-state index contributed by atoms with van der Waals surface area (Å²) in [4.78, 5) is 44.2. The first-order valence-corrected chi connectivity index (χ1v) is 8.57. The molecule has 4 rings (SSSR count). The van der Waals surface area contributed by atoms with Crippen molar-refractivity contribution in [1.29, 1.82) is 0 Å². The van der Waals surface area contributed by atoms with E-state index in [1.807, 2.05) is 0 Å². The number of benzene rings is 1. The molecule has 10 heteroatoms. The van der Waals surface area contributed by atoms with Crippen molar-refractivity contribution >= 4 is 34.4 Å². The molecular formula is C18H15N7O3. The van der Waals surface area contributed by atoms with E-state index in [0.717, 1.165) is 21.4 Å². The molecule has 2 aromatic rings. The van der Waals surface area contributed by atoms with Crippen LogP contribution in [0.25, 0.3) is 21.3 Å². The minimum Gasteiger partial charge on any atom is -0.357 e. The van der Waals surface area contributed by atoms with Crippen LogP contribution in [0.15, 0.2) is 23.3 Å². The number of rotatable bonds is 3. The second-order valence-electron chi connectivity index (χ2n) is 6.52. The predicted octanol–water partition coefficient (Wildman–Crippen LogP) is 1.62. The van der Waals surface area contributed by atoms with Gasteiger partial charge in [-0.1, -0.05) is 17.1 Å². The molecule has 2 aliphatic rings. The largest absolute Gasteiger partial charge is 0.357 e. The molecule has 3 N–H and O–H groups in total. The molecule has 2 atom stereocenters. The third kappa shape index (κ3) is 2.66. The van der Waals surface area contributed by atoms with Crippen molar-refractivity contribution in [3.8, 4) is 12.3 Å². The molecule has 3 heterocycles. The quantitative estimate of drug-likeness (QED) is 0.245. The number of aromatic amines is 1. The lowest BCUT2D eigenvalue weighted by atomic mass is 9.87. The molecule has 2 aliphatic heterocycles. The fourth-order valence-corrected chi connectivity index (χ4v) is 3.81. The van der Waals surface area contributed by atoms with E-state index in [4.69, 9.17) is 12.0 Å². The maximum atomic E-state index is 12.8. The number of barbiturate groups is 1. The Morgan fingerprint density at radius 2 is 2.18 bits per heavy atom. The van der Waals surface area contributed by atoms with E-state index in [1.54, 1.807) is 18.2 Å². The third-order valence-corrected chi connectivity index (χ3v) is 5.01. The number of aromatic nitrogens is 1. The summed E-state index contributed by atoms with van der Waals surface area (Å²) in [5.74, 6) is -0.168. The summed E-state index contributed by atoms with van der Waals surface area (Å²) < 4.78 is 0. The minimum atomic E-state index is -1.13. The molecule has 0 spiro atoms. The van der Waals surface area contributed by atoms with Crippen LogP contribution in [0.1, 0.15) is 17.3 Å². The molecule has 0 saturated carbocycles. The van der Waals surface area contributed by atoms with Crippen molar-refractivity contribution in [3.63, 3.8) is 0 Å². The number of hydrogen-bond acceptors (Lipinski definition) is 5. The predicted molar refractivity (Wildman–Crippen MR) is 99.1 cm³/mol. The van der Waals surface area contributed by atoms with Gasteiger partial charge in [-0.25, -0.2) is 4.79 Å². The maximum Gasteiger partial charge on any atom is 0.331 e. The zero-order chi connectivity index (χ0) is 19.8. The number of H-pyrrole nitrogens is 1. The van der Waals surface area contributed by atoms with Gasteiger partial charge in [0, 0.05) is 27.2 Å². The summed E-state index contributed by atoms with van der Waals surface area (Å²) >= 11 is 0. The number of carbonyl (C=O) groups excluding carboxylic acids is 3. The second-order valence-corrected chi connectivity index (χ2v) is 6.52. The van der Waals surface area contributed by atoms with Gasteiger partial charge in [0.1, 0.15) is 5.92 Å². The van der Waals surface area contributed by atoms with Crippen LogP contribution < -0.4 is 10.6 Å². The average molecular weight is 377 g/mol. The number of hydrogen-bond donors (Lipinski definition) is 3. The Bertz CT molecular complexity index is 1110. The van der Waals surface area contributed by atoms with Gasteiger partial charge in [-0.05, 0) is 36.2 Å². The van der Waals surface area contributed by atoms with Gasteiger partial charge < -0.3 is 10.3 Å². The van der Waals surface area contributed by atoms with Crippen LogP contribution in [0.3, 0.4) is 0 Å². The van der Waals surface area contributed by atoms with Crippen LogP contribution in [-0.4, -0.2) is 40.8 Å². The lowest BCUT2D eigenvalue weighted by Gasteiger charge is -2.35. The highest BCUT2D eigenvalue weighted by Crippen LogP contribution is 2.36. The van der Waals surface area contributed by atoms with Gasteiger partial charge >= 0.3 is 6.03 Å². The van der Waals surface area contributed by atoms with Crippen LogP contribution in [0, 0.1) is 18.3 Å². The number of carbonyl (C=O) groups is 3. The fraction of sp³-hybridized carbons (Fsp3) is 0.278. The monoisotopic (exact) mass is 377 g/mol. The first kappa shape index (κ1) is 17.6. The van der Waals surface area contributed by atoms with Crippen molar-refractivity contribution < 1.29 is 14.4 Å². The van der Waals surface area contributed by atoms with Crippen molar-refractivity contribution in [2.24, 2.45) is 11.0 Å². The molecule has 0 bridgehead atoms.